The molecule has 148 valence electrons. The quantitative estimate of drug-likeness (QED) is 0.557. The molecule has 0 fully saturated rings. The molecule has 2 aromatic rings. The maximum atomic E-state index is 12.0. The van der Waals surface area contributed by atoms with Crippen LogP contribution in [0.4, 0.5) is 4.79 Å². The van der Waals surface area contributed by atoms with Gasteiger partial charge in [0.25, 0.3) is 0 Å². The van der Waals surface area contributed by atoms with Crippen LogP contribution in [0.15, 0.2) is 60.7 Å². The first-order valence-corrected chi connectivity index (χ1v) is 8.64. The maximum absolute atomic E-state index is 12.0. The van der Waals surface area contributed by atoms with Crippen LogP contribution in [-0.2, 0) is 32.3 Å². The zero-order chi connectivity index (χ0) is 20.2. The molecular weight excluding hydrogens is 364 g/mol. The first kappa shape index (κ1) is 20.9. The normalized spacial score (nSPS) is 11.2. The molecule has 0 saturated heterocycles. The molecule has 0 aromatic heterocycles. The van der Waals surface area contributed by atoms with E-state index in [-0.39, 0.29) is 13.2 Å². The lowest BCUT2D eigenvalue weighted by atomic mass is 10.2. The van der Waals surface area contributed by atoms with Gasteiger partial charge in [0.1, 0.15) is 19.8 Å². The van der Waals surface area contributed by atoms with Gasteiger partial charge in [0, 0.05) is 0 Å². The van der Waals surface area contributed by atoms with Crippen molar-refractivity contribution >= 4 is 18.0 Å². The average molecular weight is 386 g/mol. The summed E-state index contributed by atoms with van der Waals surface area (Å²) < 4.78 is 10.0. The second kappa shape index (κ2) is 11.3. The molecular formula is C20H22N2O6. The lowest BCUT2D eigenvalue weighted by molar-refractivity contribution is -0.150. The minimum absolute atomic E-state index is 0.0239. The summed E-state index contributed by atoms with van der Waals surface area (Å²) in [4.78, 5) is 35.5. The monoisotopic (exact) mass is 386 g/mol. The summed E-state index contributed by atoms with van der Waals surface area (Å²) in [6, 6.07) is 16.9. The van der Waals surface area contributed by atoms with Crippen molar-refractivity contribution in [2.24, 2.45) is 0 Å². The van der Waals surface area contributed by atoms with E-state index in [0.717, 1.165) is 11.1 Å². The van der Waals surface area contributed by atoms with Crippen LogP contribution < -0.4 is 10.6 Å². The highest BCUT2D eigenvalue weighted by atomic mass is 16.5. The standard InChI is InChI=1S/C20H22N2O6/c23-12-17(19(25)27-13-15-7-3-1-4-8-15)22-18(24)11-21-20(26)28-14-16-9-5-2-6-10-16/h1-10,17,23H,11-14H2,(H,21,26)(H,22,24)/t17-/m0/s1. The van der Waals surface area contributed by atoms with Crippen LogP contribution in [0.3, 0.4) is 0 Å². The van der Waals surface area contributed by atoms with E-state index in [9.17, 15) is 19.5 Å². The Morgan fingerprint density at radius 2 is 1.39 bits per heavy atom. The van der Waals surface area contributed by atoms with Gasteiger partial charge in [-0.05, 0) is 11.1 Å². The molecule has 8 heteroatoms. The van der Waals surface area contributed by atoms with Crippen molar-refractivity contribution in [3.05, 3.63) is 71.8 Å². The van der Waals surface area contributed by atoms with Crippen LogP contribution in [0.2, 0.25) is 0 Å². The molecule has 0 heterocycles. The lowest BCUT2D eigenvalue weighted by Crippen LogP contribution is -2.48. The Labute approximate surface area is 162 Å². The fourth-order valence-electron chi connectivity index (χ4n) is 2.18. The number of nitrogens with one attached hydrogen (secondary N) is 2. The molecule has 1 atom stereocenters. The largest absolute Gasteiger partial charge is 0.459 e. The first-order chi connectivity index (χ1) is 13.6. The molecule has 2 rings (SSSR count). The number of alkyl carbamates (subject to hydrolysis) is 1. The highest BCUT2D eigenvalue weighted by molar-refractivity contribution is 5.87. The van der Waals surface area contributed by atoms with E-state index in [4.69, 9.17) is 9.47 Å². The summed E-state index contributed by atoms with van der Waals surface area (Å²) in [5.41, 5.74) is 1.59. The minimum atomic E-state index is -1.22. The van der Waals surface area contributed by atoms with Gasteiger partial charge in [0.05, 0.1) is 6.61 Å². The van der Waals surface area contributed by atoms with Crippen molar-refractivity contribution in [2.45, 2.75) is 19.3 Å². The summed E-state index contributed by atoms with van der Waals surface area (Å²) in [6.07, 6.45) is -0.772. The SMILES string of the molecule is O=C(CNC(=O)OCc1ccccc1)N[C@@H](CO)C(=O)OCc1ccccc1. The Morgan fingerprint density at radius 3 is 1.93 bits per heavy atom. The second-order valence-corrected chi connectivity index (χ2v) is 5.81. The van der Waals surface area contributed by atoms with Crippen molar-refractivity contribution in [2.75, 3.05) is 13.2 Å². The van der Waals surface area contributed by atoms with Gasteiger partial charge in [0.2, 0.25) is 5.91 Å². The summed E-state index contributed by atoms with van der Waals surface area (Å²) in [5, 5.41) is 13.9. The Kier molecular flexibility index (Phi) is 8.48. The summed E-state index contributed by atoms with van der Waals surface area (Å²) in [7, 11) is 0. The number of benzene rings is 2. The number of aliphatic hydroxyl groups excluding tert-OH is 1. The number of esters is 1. The molecule has 0 aliphatic heterocycles. The zero-order valence-electron chi connectivity index (χ0n) is 15.2. The number of amides is 2. The molecule has 0 radical (unpaired) electrons. The summed E-state index contributed by atoms with van der Waals surface area (Å²) in [5.74, 6) is -1.43. The number of carbonyl (C=O) groups excluding carboxylic acids is 3. The fraction of sp³-hybridized carbons (Fsp3) is 0.250. The minimum Gasteiger partial charge on any atom is -0.459 e. The molecule has 3 N–H and O–H groups in total. The molecule has 0 bridgehead atoms. The Hall–Kier alpha value is -3.39. The topological polar surface area (TPSA) is 114 Å². The van der Waals surface area contributed by atoms with E-state index < -0.39 is 37.2 Å². The van der Waals surface area contributed by atoms with Crippen molar-refractivity contribution in [3.8, 4) is 0 Å². The van der Waals surface area contributed by atoms with Gasteiger partial charge in [-0.25, -0.2) is 9.59 Å². The van der Waals surface area contributed by atoms with E-state index in [1.54, 1.807) is 36.4 Å². The van der Waals surface area contributed by atoms with Crippen molar-refractivity contribution < 1.29 is 29.0 Å². The van der Waals surface area contributed by atoms with Gasteiger partial charge in [-0.2, -0.15) is 0 Å². The molecule has 0 aliphatic rings. The highest BCUT2D eigenvalue weighted by Crippen LogP contribution is 2.02. The summed E-state index contributed by atoms with van der Waals surface area (Å²) in [6.45, 7) is -0.941. The van der Waals surface area contributed by atoms with Gasteiger partial charge >= 0.3 is 12.1 Å². The predicted octanol–water partition coefficient (Wildman–Crippen LogP) is 1.13. The molecule has 2 aromatic carbocycles. The summed E-state index contributed by atoms with van der Waals surface area (Å²) >= 11 is 0. The van der Waals surface area contributed by atoms with Crippen LogP contribution >= 0.6 is 0 Å². The number of carbonyl (C=O) groups is 3. The second-order valence-electron chi connectivity index (χ2n) is 5.81. The van der Waals surface area contributed by atoms with E-state index in [1.165, 1.54) is 0 Å². The molecule has 2 amide bonds. The number of rotatable bonds is 9. The molecule has 0 aliphatic carbocycles. The molecule has 0 spiro atoms. The highest BCUT2D eigenvalue weighted by Gasteiger charge is 2.21. The van der Waals surface area contributed by atoms with Crippen LogP contribution in [0.25, 0.3) is 0 Å². The van der Waals surface area contributed by atoms with Crippen LogP contribution in [0, 0.1) is 0 Å². The zero-order valence-corrected chi connectivity index (χ0v) is 15.2. The van der Waals surface area contributed by atoms with E-state index in [0.29, 0.717) is 0 Å². The smallest absolute Gasteiger partial charge is 0.407 e. The molecule has 28 heavy (non-hydrogen) atoms. The number of hydrogen-bond donors (Lipinski definition) is 3. The average Bonchev–Trinajstić information content (AvgIpc) is 2.74. The third-order valence-electron chi connectivity index (χ3n) is 3.63. The third-order valence-corrected chi connectivity index (χ3v) is 3.63. The Balaban J connectivity index is 1.69. The van der Waals surface area contributed by atoms with Gasteiger partial charge in [-0.15, -0.1) is 0 Å². The Morgan fingerprint density at radius 1 is 0.857 bits per heavy atom. The van der Waals surface area contributed by atoms with E-state index >= 15 is 0 Å². The van der Waals surface area contributed by atoms with Gasteiger partial charge in [-0.3, -0.25) is 4.79 Å². The van der Waals surface area contributed by atoms with Gasteiger partial charge in [-0.1, -0.05) is 60.7 Å². The molecule has 0 saturated carbocycles. The van der Waals surface area contributed by atoms with E-state index in [1.807, 2.05) is 24.3 Å². The Bertz CT molecular complexity index is 767. The number of ether oxygens (including phenoxy) is 2. The van der Waals surface area contributed by atoms with Crippen molar-refractivity contribution in [1.82, 2.24) is 10.6 Å². The van der Waals surface area contributed by atoms with E-state index in [2.05, 4.69) is 10.6 Å². The van der Waals surface area contributed by atoms with Crippen LogP contribution in [0.5, 0.6) is 0 Å². The van der Waals surface area contributed by atoms with Gasteiger partial charge < -0.3 is 25.2 Å². The van der Waals surface area contributed by atoms with Crippen LogP contribution in [-0.4, -0.2) is 42.3 Å². The maximum Gasteiger partial charge on any atom is 0.407 e. The first-order valence-electron chi connectivity index (χ1n) is 8.64. The number of hydrogen-bond acceptors (Lipinski definition) is 6. The van der Waals surface area contributed by atoms with Crippen LogP contribution in [0.1, 0.15) is 11.1 Å². The lowest BCUT2D eigenvalue weighted by Gasteiger charge is -2.15. The van der Waals surface area contributed by atoms with Crippen molar-refractivity contribution in [3.63, 3.8) is 0 Å². The number of aliphatic hydroxyl groups is 1. The van der Waals surface area contributed by atoms with Gasteiger partial charge in [0.15, 0.2) is 6.04 Å². The van der Waals surface area contributed by atoms with Crippen molar-refractivity contribution in [1.29, 1.82) is 0 Å². The third kappa shape index (κ3) is 7.46. The molecule has 0 unspecified atom stereocenters. The fourth-order valence-corrected chi connectivity index (χ4v) is 2.18. The molecule has 8 nitrogen and oxygen atoms in total. The predicted molar refractivity (Wildman–Crippen MR) is 99.9 cm³/mol.